The third-order valence-corrected chi connectivity index (χ3v) is 5.33. The van der Waals surface area contributed by atoms with Gasteiger partial charge in [-0.05, 0) is 31.9 Å². The van der Waals surface area contributed by atoms with Gasteiger partial charge in [-0.3, -0.25) is 0 Å². The van der Waals surface area contributed by atoms with Crippen molar-refractivity contribution in [3.63, 3.8) is 0 Å². The molecule has 4 aromatic rings. The summed E-state index contributed by atoms with van der Waals surface area (Å²) in [6, 6.07) is 13.6. The van der Waals surface area contributed by atoms with E-state index >= 15 is 0 Å². The molecule has 1 aliphatic rings. The number of piperidine rings is 1. The van der Waals surface area contributed by atoms with E-state index < -0.39 is 0 Å². The molecule has 1 aliphatic heterocycles. The van der Waals surface area contributed by atoms with Crippen LogP contribution in [0, 0.1) is 6.92 Å². The maximum absolute atomic E-state index is 9.67. The van der Waals surface area contributed by atoms with Gasteiger partial charge in [-0.25, -0.2) is 4.98 Å². The molecule has 1 fully saturated rings. The van der Waals surface area contributed by atoms with Crippen LogP contribution < -0.4 is 4.90 Å². The minimum Gasteiger partial charge on any atom is -0.416 e. The molecule has 4 heterocycles. The first-order valence-electron chi connectivity index (χ1n) is 9.94. The van der Waals surface area contributed by atoms with Crippen LogP contribution in [0.3, 0.4) is 0 Å². The quantitative estimate of drug-likeness (QED) is 0.550. The van der Waals surface area contributed by atoms with Gasteiger partial charge in [0.15, 0.2) is 0 Å². The molecule has 5 rings (SSSR count). The van der Waals surface area contributed by atoms with Crippen LogP contribution >= 0.6 is 0 Å². The molecule has 8 nitrogen and oxygen atoms in total. The number of anilines is 1. The van der Waals surface area contributed by atoms with Crippen molar-refractivity contribution in [2.75, 3.05) is 18.0 Å². The first kappa shape index (κ1) is 18.5. The van der Waals surface area contributed by atoms with Crippen molar-refractivity contribution >= 4 is 5.82 Å². The van der Waals surface area contributed by atoms with Crippen molar-refractivity contribution in [3.05, 3.63) is 54.4 Å². The smallest absolute Gasteiger partial charge is 0.254 e. The lowest BCUT2D eigenvalue weighted by Crippen LogP contribution is -2.36. The van der Waals surface area contributed by atoms with E-state index in [1.165, 1.54) is 0 Å². The van der Waals surface area contributed by atoms with Crippen molar-refractivity contribution in [1.82, 2.24) is 20.3 Å². The Kier molecular flexibility index (Phi) is 4.76. The van der Waals surface area contributed by atoms with Crippen LogP contribution in [0.5, 0.6) is 0 Å². The molecule has 0 aliphatic carbocycles. The SMILES string of the molecule is Cc1onc(-c2ccccc2)c1-c1nnc(-c2ccc(N3CCC(O)CC3)nc2)o1. The topological polar surface area (TPSA) is 101 Å². The van der Waals surface area contributed by atoms with Gasteiger partial charge in [0.05, 0.1) is 11.7 Å². The second kappa shape index (κ2) is 7.72. The number of hydrogen-bond donors (Lipinski definition) is 1. The van der Waals surface area contributed by atoms with Gasteiger partial charge in [-0.2, -0.15) is 0 Å². The number of rotatable bonds is 4. The molecule has 8 heteroatoms. The van der Waals surface area contributed by atoms with Crippen LogP contribution in [0.25, 0.3) is 34.2 Å². The molecule has 0 unspecified atom stereocenters. The first-order valence-corrected chi connectivity index (χ1v) is 9.94. The second-order valence-corrected chi connectivity index (χ2v) is 7.36. The molecule has 3 aromatic heterocycles. The molecule has 1 saturated heterocycles. The Morgan fingerprint density at radius 3 is 2.47 bits per heavy atom. The predicted octanol–water partition coefficient (Wildman–Crippen LogP) is 3.72. The lowest BCUT2D eigenvalue weighted by atomic mass is 10.1. The van der Waals surface area contributed by atoms with Gasteiger partial charge in [-0.15, -0.1) is 10.2 Å². The van der Waals surface area contributed by atoms with E-state index in [1.54, 1.807) is 6.20 Å². The highest BCUT2D eigenvalue weighted by Crippen LogP contribution is 2.34. The highest BCUT2D eigenvalue weighted by molar-refractivity contribution is 5.78. The van der Waals surface area contributed by atoms with Crippen LogP contribution in [0.4, 0.5) is 5.82 Å². The van der Waals surface area contributed by atoms with Gasteiger partial charge in [-0.1, -0.05) is 35.5 Å². The molecular formula is C22H21N5O3. The molecule has 0 amide bonds. The minimum absolute atomic E-state index is 0.209. The van der Waals surface area contributed by atoms with Gasteiger partial charge >= 0.3 is 0 Å². The highest BCUT2D eigenvalue weighted by Gasteiger charge is 2.23. The summed E-state index contributed by atoms with van der Waals surface area (Å²) < 4.78 is 11.3. The third-order valence-electron chi connectivity index (χ3n) is 5.33. The van der Waals surface area contributed by atoms with E-state index in [4.69, 9.17) is 8.94 Å². The van der Waals surface area contributed by atoms with Crippen LogP contribution in [-0.2, 0) is 0 Å². The van der Waals surface area contributed by atoms with E-state index in [0.29, 0.717) is 28.8 Å². The monoisotopic (exact) mass is 403 g/mol. The molecule has 30 heavy (non-hydrogen) atoms. The molecule has 0 bridgehead atoms. The summed E-state index contributed by atoms with van der Waals surface area (Å²) >= 11 is 0. The minimum atomic E-state index is -0.209. The zero-order chi connectivity index (χ0) is 20.5. The normalized spacial score (nSPS) is 14.9. The van der Waals surface area contributed by atoms with Crippen LogP contribution in [0.2, 0.25) is 0 Å². The standard InChI is InChI=1S/C22H21N5O3/c1-14-19(20(26-30-14)15-5-3-2-4-6-15)22-25-24-21(29-22)16-7-8-18(23-13-16)27-11-9-17(28)10-12-27/h2-8,13,17,28H,9-12H2,1H3. The van der Waals surface area contributed by atoms with E-state index in [9.17, 15) is 5.11 Å². The summed E-state index contributed by atoms with van der Waals surface area (Å²) in [5, 5.41) is 22.3. The van der Waals surface area contributed by atoms with E-state index in [0.717, 1.165) is 42.9 Å². The summed E-state index contributed by atoms with van der Waals surface area (Å²) in [5.74, 6) is 2.24. The number of benzene rings is 1. The fraction of sp³-hybridized carbons (Fsp3) is 0.273. The molecule has 0 spiro atoms. The van der Waals surface area contributed by atoms with Crippen molar-refractivity contribution in [2.24, 2.45) is 0 Å². The Balaban J connectivity index is 1.41. The second-order valence-electron chi connectivity index (χ2n) is 7.36. The zero-order valence-corrected chi connectivity index (χ0v) is 16.5. The largest absolute Gasteiger partial charge is 0.416 e. The number of aliphatic hydroxyl groups is 1. The summed E-state index contributed by atoms with van der Waals surface area (Å²) in [6.45, 7) is 3.42. The van der Waals surface area contributed by atoms with Gasteiger partial charge < -0.3 is 18.9 Å². The van der Waals surface area contributed by atoms with Gasteiger partial charge in [0.1, 0.15) is 22.8 Å². The predicted molar refractivity (Wildman–Crippen MR) is 111 cm³/mol. The maximum atomic E-state index is 9.67. The number of aliphatic hydroxyl groups excluding tert-OH is 1. The van der Waals surface area contributed by atoms with Crippen LogP contribution in [0.15, 0.2) is 57.6 Å². The first-order chi connectivity index (χ1) is 14.7. The van der Waals surface area contributed by atoms with Gasteiger partial charge in [0.25, 0.3) is 5.89 Å². The average molecular weight is 403 g/mol. The van der Waals surface area contributed by atoms with Gasteiger partial charge in [0.2, 0.25) is 5.89 Å². The Labute approximate surface area is 173 Å². The summed E-state index contributed by atoms with van der Waals surface area (Å²) in [6.07, 6.45) is 3.05. The Morgan fingerprint density at radius 1 is 0.967 bits per heavy atom. The van der Waals surface area contributed by atoms with Crippen molar-refractivity contribution < 1.29 is 14.0 Å². The number of hydrogen-bond acceptors (Lipinski definition) is 8. The number of nitrogens with zero attached hydrogens (tertiary/aromatic N) is 5. The molecule has 152 valence electrons. The number of aryl methyl sites for hydroxylation is 1. The molecule has 1 aromatic carbocycles. The van der Waals surface area contributed by atoms with Gasteiger partial charge in [0, 0.05) is 24.8 Å². The molecule has 0 atom stereocenters. The molecule has 0 saturated carbocycles. The third kappa shape index (κ3) is 3.46. The fourth-order valence-corrected chi connectivity index (χ4v) is 3.65. The zero-order valence-electron chi connectivity index (χ0n) is 16.5. The van der Waals surface area contributed by atoms with Crippen molar-refractivity contribution in [1.29, 1.82) is 0 Å². The van der Waals surface area contributed by atoms with Crippen LogP contribution in [0.1, 0.15) is 18.6 Å². The summed E-state index contributed by atoms with van der Waals surface area (Å²) in [7, 11) is 0. The summed E-state index contributed by atoms with van der Waals surface area (Å²) in [5.41, 5.74) is 3.02. The lowest BCUT2D eigenvalue weighted by molar-refractivity contribution is 0.145. The van der Waals surface area contributed by atoms with E-state index in [1.807, 2.05) is 49.4 Å². The molecule has 0 radical (unpaired) electrons. The average Bonchev–Trinajstić information content (AvgIpc) is 3.42. The van der Waals surface area contributed by atoms with Crippen molar-refractivity contribution in [2.45, 2.75) is 25.9 Å². The van der Waals surface area contributed by atoms with E-state index in [2.05, 4.69) is 25.2 Å². The molecular weight excluding hydrogens is 382 g/mol. The molecule has 1 N–H and O–H groups in total. The number of pyridine rings is 1. The Hall–Kier alpha value is -3.52. The fourth-order valence-electron chi connectivity index (χ4n) is 3.65. The maximum Gasteiger partial charge on any atom is 0.254 e. The Morgan fingerprint density at radius 2 is 1.73 bits per heavy atom. The Bertz CT molecular complexity index is 1130. The number of aromatic nitrogens is 4. The van der Waals surface area contributed by atoms with Crippen molar-refractivity contribution in [3.8, 4) is 34.2 Å². The van der Waals surface area contributed by atoms with Crippen LogP contribution in [-0.4, -0.2) is 44.6 Å². The lowest BCUT2D eigenvalue weighted by Gasteiger charge is -2.30. The highest BCUT2D eigenvalue weighted by atomic mass is 16.5. The summed E-state index contributed by atoms with van der Waals surface area (Å²) in [4.78, 5) is 6.71. The van der Waals surface area contributed by atoms with E-state index in [-0.39, 0.29) is 6.10 Å².